The first kappa shape index (κ1) is 50.4. The van der Waals surface area contributed by atoms with Crippen molar-refractivity contribution in [3.8, 4) is 11.5 Å². The van der Waals surface area contributed by atoms with E-state index in [1.54, 1.807) is 12.1 Å². The van der Waals surface area contributed by atoms with E-state index in [4.69, 9.17) is 14.5 Å². The topological polar surface area (TPSA) is 103 Å². The Morgan fingerprint density at radius 1 is 0.507 bits per heavy atom. The maximum absolute atomic E-state index is 13.6. The third-order valence-corrected chi connectivity index (χ3v) is 14.0. The normalized spacial score (nSPS) is 16.3. The predicted octanol–water partition coefficient (Wildman–Crippen LogP) is 15.4. The quantitative estimate of drug-likeness (QED) is 0.0197. The standard InChI is InChI=1S/C63H68N2O6/c1-7-9-11-13-58(66)64-50-31-25-46(26-32-50)17-15-44-19-21-48(22-20-44)41-69-71-53-36-38-55-57(40-53)63(43-62(55,5)6)42-61(3,4)54-37-35-52(39-56(54)63)70-60(68)49-29-23-45(24-30-49)16-18-47-27-33-51(34-28-47)65-59(67)14-12-10-8-2/h15-40H,7-14,41-43H2,1-6H3,(H,64,66)(H,65,67). The molecule has 71 heavy (non-hydrogen) atoms. The van der Waals surface area contributed by atoms with E-state index < -0.39 is 5.97 Å². The highest BCUT2D eigenvalue weighted by Crippen LogP contribution is 2.63. The molecule has 1 atom stereocenters. The first-order chi connectivity index (χ1) is 34.2. The first-order valence-corrected chi connectivity index (χ1v) is 25.4. The van der Waals surface area contributed by atoms with Crippen molar-refractivity contribution in [3.05, 3.63) is 189 Å². The van der Waals surface area contributed by atoms with Gasteiger partial charge in [-0.05, 0) is 147 Å². The minimum absolute atomic E-state index is 0.0439. The van der Waals surface area contributed by atoms with E-state index in [-0.39, 0.29) is 34.7 Å². The number of esters is 1. The summed E-state index contributed by atoms with van der Waals surface area (Å²) in [7, 11) is 0. The van der Waals surface area contributed by atoms with E-state index in [0.29, 0.717) is 29.9 Å². The second kappa shape index (κ2) is 22.4. The van der Waals surface area contributed by atoms with Gasteiger partial charge in [0.2, 0.25) is 11.8 Å². The zero-order chi connectivity index (χ0) is 50.0. The highest BCUT2D eigenvalue weighted by molar-refractivity contribution is 5.92. The predicted molar refractivity (Wildman–Crippen MR) is 288 cm³/mol. The van der Waals surface area contributed by atoms with Crippen molar-refractivity contribution in [2.75, 3.05) is 10.6 Å². The van der Waals surface area contributed by atoms with E-state index in [0.717, 1.165) is 90.6 Å². The van der Waals surface area contributed by atoms with Gasteiger partial charge < -0.3 is 20.3 Å². The molecule has 0 saturated heterocycles. The van der Waals surface area contributed by atoms with Crippen molar-refractivity contribution in [2.45, 2.75) is 129 Å². The molecule has 366 valence electrons. The van der Waals surface area contributed by atoms with Gasteiger partial charge in [-0.15, -0.1) is 0 Å². The Hall–Kier alpha value is -7.03. The number of benzene rings is 6. The molecule has 6 aromatic rings. The number of fused-ring (bicyclic) bond motifs is 4. The molecule has 1 unspecified atom stereocenters. The van der Waals surface area contributed by atoms with Gasteiger partial charge in [0, 0.05) is 29.6 Å². The summed E-state index contributed by atoms with van der Waals surface area (Å²) in [6.45, 7) is 13.8. The van der Waals surface area contributed by atoms with Crippen LogP contribution < -0.4 is 20.3 Å². The molecule has 2 amide bonds. The lowest BCUT2D eigenvalue weighted by Gasteiger charge is -2.30. The van der Waals surface area contributed by atoms with Crippen molar-refractivity contribution in [3.63, 3.8) is 0 Å². The first-order valence-electron chi connectivity index (χ1n) is 25.4. The molecule has 8 nitrogen and oxygen atoms in total. The molecule has 8 rings (SSSR count). The maximum atomic E-state index is 13.6. The van der Waals surface area contributed by atoms with Crippen molar-refractivity contribution in [2.24, 2.45) is 0 Å². The molecule has 6 aromatic carbocycles. The minimum atomic E-state index is -0.409. The van der Waals surface area contributed by atoms with Gasteiger partial charge in [-0.3, -0.25) is 9.59 Å². The van der Waals surface area contributed by atoms with Crippen LogP contribution in [0.2, 0.25) is 0 Å². The second-order valence-corrected chi connectivity index (χ2v) is 20.6. The molecular formula is C63H68N2O6. The lowest BCUT2D eigenvalue weighted by molar-refractivity contribution is -0.217. The van der Waals surface area contributed by atoms with Gasteiger partial charge in [-0.2, -0.15) is 4.89 Å². The van der Waals surface area contributed by atoms with E-state index in [1.165, 1.54) is 22.3 Å². The van der Waals surface area contributed by atoms with Gasteiger partial charge in [-0.25, -0.2) is 4.79 Å². The molecule has 8 heteroatoms. The van der Waals surface area contributed by atoms with Crippen molar-refractivity contribution < 1.29 is 28.9 Å². The molecule has 0 radical (unpaired) electrons. The minimum Gasteiger partial charge on any atom is -0.423 e. The molecule has 0 saturated carbocycles. The Bertz CT molecular complexity index is 2870. The number of hydrogen-bond acceptors (Lipinski definition) is 6. The number of ether oxygens (including phenoxy) is 1. The molecule has 0 bridgehead atoms. The number of unbranched alkanes of at least 4 members (excludes halogenated alkanes) is 4. The van der Waals surface area contributed by atoms with Crippen LogP contribution in [0.5, 0.6) is 11.5 Å². The number of carbonyl (C=O) groups excluding carboxylic acids is 3. The number of nitrogens with one attached hydrogen (secondary N) is 2. The average Bonchev–Trinajstić information content (AvgIpc) is 3.72. The van der Waals surface area contributed by atoms with Gasteiger partial charge >= 0.3 is 5.97 Å². The van der Waals surface area contributed by atoms with E-state index in [1.807, 2.05) is 97.1 Å². The van der Waals surface area contributed by atoms with Crippen molar-refractivity contribution in [1.82, 2.24) is 0 Å². The van der Waals surface area contributed by atoms with Crippen LogP contribution in [0.4, 0.5) is 11.4 Å². The molecule has 2 N–H and O–H groups in total. The van der Waals surface area contributed by atoms with Crippen LogP contribution in [-0.2, 0) is 37.3 Å². The third kappa shape index (κ3) is 12.5. The fourth-order valence-electron chi connectivity index (χ4n) is 10.5. The summed E-state index contributed by atoms with van der Waals surface area (Å²) in [4.78, 5) is 49.9. The highest BCUT2D eigenvalue weighted by Gasteiger charge is 2.56. The van der Waals surface area contributed by atoms with Crippen LogP contribution in [0.25, 0.3) is 24.3 Å². The van der Waals surface area contributed by atoms with Gasteiger partial charge in [0.25, 0.3) is 0 Å². The van der Waals surface area contributed by atoms with E-state index >= 15 is 0 Å². The number of hydrogen-bond donors (Lipinski definition) is 2. The van der Waals surface area contributed by atoms with Crippen molar-refractivity contribution in [1.29, 1.82) is 0 Å². The fourth-order valence-corrected chi connectivity index (χ4v) is 10.5. The highest BCUT2D eigenvalue weighted by atomic mass is 17.2. The lowest BCUT2D eigenvalue weighted by Crippen LogP contribution is -2.27. The zero-order valence-electron chi connectivity index (χ0n) is 42.2. The summed E-state index contributed by atoms with van der Waals surface area (Å²) < 4.78 is 6.11. The number of anilines is 2. The number of rotatable bonds is 20. The molecule has 2 aliphatic carbocycles. The Balaban J connectivity index is 0.883. The fraction of sp³-hybridized carbons (Fsp3) is 0.317. The van der Waals surface area contributed by atoms with Gasteiger partial charge in [0.05, 0.1) is 5.56 Å². The third-order valence-electron chi connectivity index (χ3n) is 14.0. The maximum Gasteiger partial charge on any atom is 0.343 e. The molecule has 0 heterocycles. The largest absolute Gasteiger partial charge is 0.423 e. The molecular weight excluding hydrogens is 881 g/mol. The second-order valence-electron chi connectivity index (χ2n) is 20.6. The van der Waals surface area contributed by atoms with Gasteiger partial charge in [0.15, 0.2) is 5.75 Å². The average molecular weight is 949 g/mol. The van der Waals surface area contributed by atoms with E-state index in [2.05, 4.69) is 101 Å². The summed E-state index contributed by atoms with van der Waals surface area (Å²) in [6.07, 6.45) is 17.2. The van der Waals surface area contributed by atoms with Gasteiger partial charge in [-0.1, -0.05) is 164 Å². The van der Waals surface area contributed by atoms with Gasteiger partial charge in [0.1, 0.15) is 12.4 Å². The van der Waals surface area contributed by atoms with Crippen molar-refractivity contribution >= 4 is 53.5 Å². The summed E-state index contributed by atoms with van der Waals surface area (Å²) >= 11 is 0. The van der Waals surface area contributed by atoms with Crippen LogP contribution >= 0.6 is 0 Å². The van der Waals surface area contributed by atoms with E-state index in [9.17, 15) is 14.4 Å². The van der Waals surface area contributed by atoms with Crippen LogP contribution in [0.15, 0.2) is 133 Å². The molecule has 0 aromatic heterocycles. The summed E-state index contributed by atoms with van der Waals surface area (Å²) in [5.41, 5.74) is 11.5. The summed E-state index contributed by atoms with van der Waals surface area (Å²) in [6, 6.07) is 43.8. The smallest absolute Gasteiger partial charge is 0.343 e. The molecule has 1 spiro atoms. The lowest BCUT2D eigenvalue weighted by atomic mass is 9.72. The van der Waals surface area contributed by atoms with Crippen LogP contribution in [-0.4, -0.2) is 17.8 Å². The summed E-state index contributed by atoms with van der Waals surface area (Å²) in [5, 5.41) is 5.96. The Morgan fingerprint density at radius 3 is 1.39 bits per heavy atom. The number of amides is 2. The number of carbonyl (C=O) groups is 3. The van der Waals surface area contributed by atoms with Crippen LogP contribution in [0.3, 0.4) is 0 Å². The zero-order valence-corrected chi connectivity index (χ0v) is 42.2. The summed E-state index contributed by atoms with van der Waals surface area (Å²) in [5.74, 6) is 0.859. The SMILES string of the molecule is CCCCCC(=O)Nc1ccc(C=Cc2ccc(COOc3ccc4c(c3)C3(CC4(C)C)CC(C)(C)c4ccc(OC(=O)c5ccc(C=Cc6ccc(NC(=O)CCCCC)cc6)cc5)cc43)cc2)cc1. The molecule has 0 fully saturated rings. The monoisotopic (exact) mass is 949 g/mol. The Morgan fingerprint density at radius 2 is 0.930 bits per heavy atom. The Kier molecular flexibility index (Phi) is 15.9. The van der Waals surface area contributed by atoms with Crippen LogP contribution in [0.1, 0.15) is 166 Å². The Labute approximate surface area is 420 Å². The van der Waals surface area contributed by atoms with Crippen LogP contribution in [0, 0.1) is 0 Å². The molecule has 0 aliphatic heterocycles. The molecule has 2 aliphatic rings.